The summed E-state index contributed by atoms with van der Waals surface area (Å²) in [5.74, 6) is -0.217. The minimum absolute atomic E-state index is 0.00853. The van der Waals surface area contributed by atoms with Crippen LogP contribution in [-0.2, 0) is 4.74 Å². The number of morpholine rings is 1. The van der Waals surface area contributed by atoms with E-state index in [0.29, 0.717) is 6.61 Å². The number of nitrogens with zero attached hydrogens (tertiary/aromatic N) is 1. The average molecular weight is 238 g/mol. The molecular formula is C11H11FN2OS. The SMILES string of the molecule is Fc1ccc2nc(C3CNCCO3)sc2c1. The quantitative estimate of drug-likeness (QED) is 0.826. The van der Waals surface area contributed by atoms with Crippen LogP contribution in [0.2, 0.25) is 0 Å². The number of aromatic nitrogens is 1. The molecule has 0 amide bonds. The number of hydrogen-bond donors (Lipinski definition) is 1. The van der Waals surface area contributed by atoms with Gasteiger partial charge in [0.1, 0.15) is 16.9 Å². The fourth-order valence-corrected chi connectivity index (χ4v) is 2.82. The molecular weight excluding hydrogens is 227 g/mol. The Balaban J connectivity index is 1.97. The highest BCUT2D eigenvalue weighted by Gasteiger charge is 2.19. The van der Waals surface area contributed by atoms with Gasteiger partial charge in [-0.3, -0.25) is 0 Å². The highest BCUT2D eigenvalue weighted by Crippen LogP contribution is 2.29. The number of benzene rings is 1. The molecule has 2 aromatic rings. The van der Waals surface area contributed by atoms with E-state index < -0.39 is 0 Å². The molecule has 1 fully saturated rings. The van der Waals surface area contributed by atoms with Gasteiger partial charge in [0.05, 0.1) is 16.8 Å². The van der Waals surface area contributed by atoms with Crippen molar-refractivity contribution in [3.05, 3.63) is 29.0 Å². The first-order valence-electron chi connectivity index (χ1n) is 5.21. The predicted molar refractivity (Wildman–Crippen MR) is 61.1 cm³/mol. The number of hydrogen-bond acceptors (Lipinski definition) is 4. The highest BCUT2D eigenvalue weighted by molar-refractivity contribution is 7.18. The van der Waals surface area contributed by atoms with Crippen molar-refractivity contribution in [2.24, 2.45) is 0 Å². The predicted octanol–water partition coefficient (Wildman–Crippen LogP) is 2.10. The van der Waals surface area contributed by atoms with Crippen molar-refractivity contribution in [1.82, 2.24) is 10.3 Å². The lowest BCUT2D eigenvalue weighted by atomic mass is 10.3. The van der Waals surface area contributed by atoms with Gasteiger partial charge in [0.15, 0.2) is 0 Å². The van der Waals surface area contributed by atoms with Gasteiger partial charge in [0.2, 0.25) is 0 Å². The first kappa shape index (κ1) is 10.1. The molecule has 3 rings (SSSR count). The molecule has 84 valence electrons. The highest BCUT2D eigenvalue weighted by atomic mass is 32.1. The van der Waals surface area contributed by atoms with Gasteiger partial charge in [-0.25, -0.2) is 9.37 Å². The number of nitrogens with one attached hydrogen (secondary N) is 1. The van der Waals surface area contributed by atoms with Crippen LogP contribution >= 0.6 is 11.3 Å². The molecule has 2 heterocycles. The number of fused-ring (bicyclic) bond motifs is 1. The van der Waals surface area contributed by atoms with Crippen LogP contribution in [0.5, 0.6) is 0 Å². The minimum atomic E-state index is -0.217. The number of rotatable bonds is 1. The maximum absolute atomic E-state index is 13.0. The van der Waals surface area contributed by atoms with Crippen LogP contribution in [0, 0.1) is 5.82 Å². The van der Waals surface area contributed by atoms with Gasteiger partial charge in [-0.1, -0.05) is 0 Å². The monoisotopic (exact) mass is 238 g/mol. The summed E-state index contributed by atoms with van der Waals surface area (Å²) in [6, 6.07) is 4.67. The van der Waals surface area contributed by atoms with E-state index in [9.17, 15) is 4.39 Å². The molecule has 0 aliphatic carbocycles. The topological polar surface area (TPSA) is 34.2 Å². The van der Waals surface area contributed by atoms with Crippen molar-refractivity contribution < 1.29 is 9.13 Å². The smallest absolute Gasteiger partial charge is 0.124 e. The zero-order valence-electron chi connectivity index (χ0n) is 8.57. The summed E-state index contributed by atoms with van der Waals surface area (Å²) in [5.41, 5.74) is 0.843. The van der Waals surface area contributed by atoms with Crippen LogP contribution in [0.25, 0.3) is 10.2 Å². The Labute approximate surface area is 96.3 Å². The summed E-state index contributed by atoms with van der Waals surface area (Å²) in [4.78, 5) is 4.46. The van der Waals surface area contributed by atoms with Gasteiger partial charge in [0.25, 0.3) is 0 Å². The van der Waals surface area contributed by atoms with Gasteiger partial charge in [-0.05, 0) is 18.2 Å². The molecule has 1 aromatic heterocycles. The van der Waals surface area contributed by atoms with Gasteiger partial charge in [-0.2, -0.15) is 0 Å². The minimum Gasteiger partial charge on any atom is -0.368 e. The third-order valence-corrected chi connectivity index (χ3v) is 3.68. The van der Waals surface area contributed by atoms with Crippen molar-refractivity contribution >= 4 is 21.6 Å². The van der Waals surface area contributed by atoms with E-state index in [1.54, 1.807) is 6.07 Å². The fraction of sp³-hybridized carbons (Fsp3) is 0.364. The molecule has 0 radical (unpaired) electrons. The van der Waals surface area contributed by atoms with E-state index in [1.807, 2.05) is 0 Å². The molecule has 3 nitrogen and oxygen atoms in total. The Kier molecular flexibility index (Phi) is 2.59. The van der Waals surface area contributed by atoms with E-state index in [0.717, 1.165) is 28.3 Å². The molecule has 16 heavy (non-hydrogen) atoms. The number of ether oxygens (including phenoxy) is 1. The molecule has 1 atom stereocenters. The van der Waals surface area contributed by atoms with E-state index in [1.165, 1.54) is 23.5 Å². The molecule has 5 heteroatoms. The van der Waals surface area contributed by atoms with Crippen molar-refractivity contribution in [3.63, 3.8) is 0 Å². The van der Waals surface area contributed by atoms with Crippen LogP contribution < -0.4 is 5.32 Å². The molecule has 1 aromatic carbocycles. The van der Waals surface area contributed by atoms with Crippen molar-refractivity contribution in [2.45, 2.75) is 6.10 Å². The lowest BCUT2D eigenvalue weighted by molar-refractivity contribution is 0.0277. The Morgan fingerprint density at radius 3 is 3.25 bits per heavy atom. The summed E-state index contributed by atoms with van der Waals surface area (Å²) in [5, 5.41) is 4.18. The fourth-order valence-electron chi connectivity index (χ4n) is 1.78. The molecule has 0 saturated carbocycles. The average Bonchev–Trinajstić information content (AvgIpc) is 2.73. The van der Waals surface area contributed by atoms with Crippen LogP contribution in [0.3, 0.4) is 0 Å². The van der Waals surface area contributed by atoms with Crippen LogP contribution in [0.15, 0.2) is 18.2 Å². The maximum atomic E-state index is 13.0. The first-order valence-corrected chi connectivity index (χ1v) is 6.03. The molecule has 0 bridgehead atoms. The van der Waals surface area contributed by atoms with Gasteiger partial charge in [0, 0.05) is 13.1 Å². The van der Waals surface area contributed by atoms with Gasteiger partial charge >= 0.3 is 0 Å². The Morgan fingerprint density at radius 1 is 1.50 bits per heavy atom. The largest absolute Gasteiger partial charge is 0.368 e. The zero-order chi connectivity index (χ0) is 11.0. The second kappa shape index (κ2) is 4.08. The van der Waals surface area contributed by atoms with E-state index in [-0.39, 0.29) is 11.9 Å². The van der Waals surface area contributed by atoms with Crippen LogP contribution in [0.1, 0.15) is 11.1 Å². The summed E-state index contributed by atoms with van der Waals surface area (Å²) in [6.45, 7) is 2.37. The molecule has 1 N–H and O–H groups in total. The Hall–Kier alpha value is -1.04. The van der Waals surface area contributed by atoms with Crippen molar-refractivity contribution in [2.75, 3.05) is 19.7 Å². The van der Waals surface area contributed by atoms with Crippen LogP contribution in [0.4, 0.5) is 4.39 Å². The summed E-state index contributed by atoms with van der Waals surface area (Å²) < 4.78 is 19.5. The normalized spacial score (nSPS) is 21.4. The molecule has 1 aliphatic heterocycles. The number of halogens is 1. The van der Waals surface area contributed by atoms with E-state index >= 15 is 0 Å². The third kappa shape index (κ3) is 1.81. The molecule has 1 saturated heterocycles. The first-order chi connectivity index (χ1) is 7.83. The van der Waals surface area contributed by atoms with Crippen molar-refractivity contribution in [1.29, 1.82) is 0 Å². The Morgan fingerprint density at radius 2 is 2.44 bits per heavy atom. The van der Waals surface area contributed by atoms with E-state index in [2.05, 4.69) is 10.3 Å². The molecule has 1 unspecified atom stereocenters. The third-order valence-electron chi connectivity index (χ3n) is 2.57. The lowest BCUT2D eigenvalue weighted by Crippen LogP contribution is -2.33. The number of thiazole rings is 1. The standard InChI is InChI=1S/C11H11FN2OS/c12-7-1-2-8-10(5-7)16-11(14-8)9-6-13-3-4-15-9/h1-2,5,9,13H,3-4,6H2. The zero-order valence-corrected chi connectivity index (χ0v) is 9.39. The second-order valence-electron chi connectivity index (χ2n) is 3.73. The second-order valence-corrected chi connectivity index (χ2v) is 4.79. The van der Waals surface area contributed by atoms with Gasteiger partial charge < -0.3 is 10.1 Å². The van der Waals surface area contributed by atoms with Crippen molar-refractivity contribution in [3.8, 4) is 0 Å². The summed E-state index contributed by atoms with van der Waals surface area (Å²) >= 11 is 1.50. The maximum Gasteiger partial charge on any atom is 0.124 e. The molecule has 1 aliphatic rings. The summed E-state index contributed by atoms with van der Waals surface area (Å²) in [7, 11) is 0. The molecule has 0 spiro atoms. The van der Waals surface area contributed by atoms with Crippen LogP contribution in [-0.4, -0.2) is 24.7 Å². The summed E-state index contributed by atoms with van der Waals surface area (Å²) in [6.07, 6.45) is 0.00853. The van der Waals surface area contributed by atoms with E-state index in [4.69, 9.17) is 4.74 Å². The van der Waals surface area contributed by atoms with Gasteiger partial charge in [-0.15, -0.1) is 11.3 Å². The Bertz CT molecular complexity index is 508. The lowest BCUT2D eigenvalue weighted by Gasteiger charge is -2.21.